The van der Waals surface area contributed by atoms with Crippen LogP contribution < -0.4 is 5.73 Å². The molecule has 0 heterocycles. The van der Waals surface area contributed by atoms with E-state index in [2.05, 4.69) is 0 Å². The maximum absolute atomic E-state index is 5.48. The van der Waals surface area contributed by atoms with Gasteiger partial charge in [0.05, 0.1) is 0 Å². The van der Waals surface area contributed by atoms with E-state index in [0.717, 1.165) is 0 Å². The van der Waals surface area contributed by atoms with Crippen LogP contribution in [0.15, 0.2) is 0 Å². The molecular weight excluding hydrogens is 191 g/mol. The third-order valence-corrected chi connectivity index (χ3v) is 1.62. The van der Waals surface area contributed by atoms with Gasteiger partial charge in [-0.1, -0.05) is 0 Å². The lowest BCUT2D eigenvalue weighted by Crippen LogP contribution is -2.38. The lowest BCUT2D eigenvalue weighted by atomic mass is 10.5. The van der Waals surface area contributed by atoms with Crippen LogP contribution in [0.3, 0.4) is 0 Å². The van der Waals surface area contributed by atoms with Crippen molar-refractivity contribution in [3.05, 3.63) is 0 Å². The quantitative estimate of drug-likeness (QED) is 0.543. The lowest BCUT2D eigenvalue weighted by Gasteiger charge is -2.19. The number of nitrogens with zero attached hydrogens (tertiary/aromatic N) is 1. The topological polar surface area (TPSA) is 29.3 Å². The van der Waals surface area contributed by atoms with Gasteiger partial charge in [-0.3, -0.25) is 0 Å². The van der Waals surface area contributed by atoms with E-state index in [9.17, 15) is 0 Å². The number of rotatable bonds is 4. The van der Waals surface area contributed by atoms with Crippen molar-refractivity contribution >= 4 is 40.5 Å². The van der Waals surface area contributed by atoms with E-state index < -0.39 is 0 Å². The maximum Gasteiger partial charge on any atom is 0.166 e. The smallest absolute Gasteiger partial charge is 0.166 e. The summed E-state index contributed by atoms with van der Waals surface area (Å²) >= 11 is 15.7. The summed E-state index contributed by atoms with van der Waals surface area (Å²) in [6, 6.07) is 0. The first kappa shape index (κ1) is 10.3. The Hall–Kier alpha value is 0.270. The molecule has 5 heteroatoms. The molecule has 2 nitrogen and oxygen atoms in total. The predicted molar refractivity (Wildman–Crippen MR) is 49.8 cm³/mol. The molecule has 0 atom stereocenters. The minimum atomic E-state index is 0.362. The molecule has 10 heavy (non-hydrogen) atoms. The molecule has 0 aliphatic rings. The number of hydrogen-bond donors (Lipinski definition) is 1. The van der Waals surface area contributed by atoms with Crippen molar-refractivity contribution in [1.29, 1.82) is 0 Å². The van der Waals surface area contributed by atoms with Crippen molar-refractivity contribution < 1.29 is 0 Å². The Labute approximate surface area is 76.3 Å². The molecular formula is C5H10Cl2N2S. The average molecular weight is 201 g/mol. The van der Waals surface area contributed by atoms with Crippen LogP contribution >= 0.6 is 35.4 Å². The Morgan fingerprint density at radius 1 is 1.30 bits per heavy atom. The summed E-state index contributed by atoms with van der Waals surface area (Å²) in [6.07, 6.45) is 0. The third-order valence-electron chi connectivity index (χ3n) is 1.02. The highest BCUT2D eigenvalue weighted by atomic mass is 35.5. The SMILES string of the molecule is NC(=S)N(CCCl)CCCl. The highest BCUT2D eigenvalue weighted by Gasteiger charge is 2.02. The molecule has 0 fully saturated rings. The largest absolute Gasteiger partial charge is 0.376 e. The normalized spacial score (nSPS) is 9.40. The van der Waals surface area contributed by atoms with E-state index in [1.165, 1.54) is 0 Å². The Bertz CT molecular complexity index is 104. The van der Waals surface area contributed by atoms with Crippen LogP contribution in [0.25, 0.3) is 0 Å². The van der Waals surface area contributed by atoms with Gasteiger partial charge in [0.25, 0.3) is 0 Å². The van der Waals surface area contributed by atoms with Crippen LogP contribution in [0.1, 0.15) is 0 Å². The van der Waals surface area contributed by atoms with E-state index in [1.54, 1.807) is 4.90 Å². The predicted octanol–water partition coefficient (Wildman–Crippen LogP) is 1.01. The summed E-state index contributed by atoms with van der Waals surface area (Å²) in [5.74, 6) is 1.04. The van der Waals surface area contributed by atoms with Crippen molar-refractivity contribution in [2.24, 2.45) is 5.73 Å². The van der Waals surface area contributed by atoms with E-state index in [-0.39, 0.29) is 0 Å². The van der Waals surface area contributed by atoms with Crippen molar-refractivity contribution in [2.75, 3.05) is 24.8 Å². The van der Waals surface area contributed by atoms with E-state index in [1.807, 2.05) is 0 Å². The Morgan fingerprint density at radius 3 is 1.90 bits per heavy atom. The fourth-order valence-electron chi connectivity index (χ4n) is 0.536. The third kappa shape index (κ3) is 4.14. The molecule has 60 valence electrons. The molecule has 0 aromatic rings. The van der Waals surface area contributed by atoms with Gasteiger partial charge >= 0.3 is 0 Å². The highest BCUT2D eigenvalue weighted by molar-refractivity contribution is 7.80. The standard InChI is InChI=1S/C5H10Cl2N2S/c6-1-3-9(4-2-7)5(8)10/h1-4H2,(H2,8,10). The second kappa shape index (κ2) is 6.01. The molecule has 0 radical (unpaired) electrons. The summed E-state index contributed by atoms with van der Waals surface area (Å²) in [5.41, 5.74) is 5.35. The number of hydrogen-bond acceptors (Lipinski definition) is 1. The first-order valence-electron chi connectivity index (χ1n) is 2.88. The van der Waals surface area contributed by atoms with E-state index in [0.29, 0.717) is 30.0 Å². The Balaban J connectivity index is 3.61. The first-order chi connectivity index (χ1) is 4.72. The Kier molecular flexibility index (Phi) is 6.17. The zero-order valence-electron chi connectivity index (χ0n) is 5.52. The number of halogens is 2. The van der Waals surface area contributed by atoms with Gasteiger partial charge in [-0.05, 0) is 12.2 Å². The second-order valence-electron chi connectivity index (χ2n) is 1.70. The highest BCUT2D eigenvalue weighted by Crippen LogP contribution is 1.90. The summed E-state index contributed by atoms with van der Waals surface area (Å²) in [4.78, 5) is 1.77. The maximum atomic E-state index is 5.48. The summed E-state index contributed by atoms with van der Waals surface area (Å²) in [5, 5.41) is 0.362. The van der Waals surface area contributed by atoms with Gasteiger partial charge in [0.2, 0.25) is 0 Å². The van der Waals surface area contributed by atoms with Gasteiger partial charge in [-0.15, -0.1) is 23.2 Å². The minimum Gasteiger partial charge on any atom is -0.376 e. The fraction of sp³-hybridized carbons (Fsp3) is 0.800. The summed E-state index contributed by atoms with van der Waals surface area (Å²) in [7, 11) is 0. The molecule has 0 aromatic heterocycles. The molecule has 0 amide bonds. The van der Waals surface area contributed by atoms with Crippen LogP contribution in [-0.2, 0) is 0 Å². The lowest BCUT2D eigenvalue weighted by molar-refractivity contribution is 0.474. The van der Waals surface area contributed by atoms with Crippen molar-refractivity contribution in [3.63, 3.8) is 0 Å². The molecule has 0 unspecified atom stereocenters. The Morgan fingerprint density at radius 2 is 1.70 bits per heavy atom. The number of alkyl halides is 2. The molecule has 0 aliphatic heterocycles. The minimum absolute atomic E-state index is 0.362. The zero-order valence-corrected chi connectivity index (χ0v) is 7.85. The second-order valence-corrected chi connectivity index (χ2v) is 2.88. The van der Waals surface area contributed by atoms with Gasteiger partial charge in [0, 0.05) is 24.8 Å². The zero-order chi connectivity index (χ0) is 7.98. The molecule has 0 rings (SSSR count). The van der Waals surface area contributed by atoms with Gasteiger partial charge in [0.1, 0.15) is 0 Å². The van der Waals surface area contributed by atoms with E-state index in [4.69, 9.17) is 41.2 Å². The molecule has 0 aromatic carbocycles. The van der Waals surface area contributed by atoms with Crippen molar-refractivity contribution in [2.45, 2.75) is 0 Å². The van der Waals surface area contributed by atoms with Gasteiger partial charge in [-0.2, -0.15) is 0 Å². The molecule has 0 saturated carbocycles. The van der Waals surface area contributed by atoms with Crippen molar-refractivity contribution in [1.82, 2.24) is 4.90 Å². The van der Waals surface area contributed by atoms with Crippen LogP contribution in [0.4, 0.5) is 0 Å². The number of thiocarbonyl (C=S) groups is 1. The fourth-order valence-corrected chi connectivity index (χ4v) is 1.13. The summed E-state index contributed by atoms with van der Waals surface area (Å²) < 4.78 is 0. The van der Waals surface area contributed by atoms with Gasteiger partial charge in [-0.25, -0.2) is 0 Å². The van der Waals surface area contributed by atoms with Crippen molar-refractivity contribution in [3.8, 4) is 0 Å². The first-order valence-corrected chi connectivity index (χ1v) is 4.36. The summed E-state index contributed by atoms with van der Waals surface area (Å²) in [6.45, 7) is 1.34. The van der Waals surface area contributed by atoms with Crippen LogP contribution in [0.5, 0.6) is 0 Å². The van der Waals surface area contributed by atoms with Crippen LogP contribution in [0.2, 0.25) is 0 Å². The molecule has 0 aliphatic carbocycles. The number of nitrogens with two attached hydrogens (primary N) is 1. The van der Waals surface area contributed by atoms with E-state index >= 15 is 0 Å². The van der Waals surface area contributed by atoms with Gasteiger partial charge in [0.15, 0.2) is 5.11 Å². The van der Waals surface area contributed by atoms with Gasteiger partial charge < -0.3 is 10.6 Å². The molecule has 0 bridgehead atoms. The molecule has 0 saturated heterocycles. The van der Waals surface area contributed by atoms with Crippen LogP contribution in [0, 0.1) is 0 Å². The monoisotopic (exact) mass is 200 g/mol. The van der Waals surface area contributed by atoms with Crippen LogP contribution in [-0.4, -0.2) is 34.9 Å². The molecule has 0 spiro atoms. The molecule has 2 N–H and O–H groups in total. The average Bonchev–Trinajstić information content (AvgIpc) is 1.87.